The minimum absolute atomic E-state index is 0.118. The second kappa shape index (κ2) is 7.09. The average molecular weight is 316 g/mol. The van der Waals surface area contributed by atoms with Gasteiger partial charge >= 0.3 is 0 Å². The van der Waals surface area contributed by atoms with Crippen LogP contribution in [0.5, 0.6) is 0 Å². The maximum atomic E-state index is 12.5. The van der Waals surface area contributed by atoms with E-state index in [1.54, 1.807) is 0 Å². The molecule has 0 bridgehead atoms. The topological polar surface area (TPSA) is 57.7 Å². The van der Waals surface area contributed by atoms with Crippen LogP contribution in [0.2, 0.25) is 0 Å². The van der Waals surface area contributed by atoms with E-state index >= 15 is 0 Å². The van der Waals surface area contributed by atoms with Crippen molar-refractivity contribution in [3.63, 3.8) is 0 Å². The summed E-state index contributed by atoms with van der Waals surface area (Å²) in [6.45, 7) is 6.65. The van der Waals surface area contributed by atoms with Crippen molar-refractivity contribution in [1.29, 1.82) is 0 Å². The Labute approximate surface area is 128 Å². The highest BCUT2D eigenvalue weighted by Gasteiger charge is 2.47. The first-order valence-electron chi connectivity index (χ1n) is 8.28. The van der Waals surface area contributed by atoms with Gasteiger partial charge in [-0.1, -0.05) is 26.7 Å². The molecule has 5 nitrogen and oxygen atoms in total. The first-order valence-corrected chi connectivity index (χ1v) is 9.78. The predicted octanol–water partition coefficient (Wildman–Crippen LogP) is 1.84. The number of sulfonamides is 1. The minimum Gasteiger partial charge on any atom is -0.342 e. The zero-order valence-electron chi connectivity index (χ0n) is 13.3. The number of amides is 1. The summed E-state index contributed by atoms with van der Waals surface area (Å²) < 4.78 is 25.6. The minimum atomic E-state index is -3.09. The second-order valence-electron chi connectivity index (χ2n) is 6.29. The summed E-state index contributed by atoms with van der Waals surface area (Å²) in [5, 5.41) is -0.162. The normalized spacial score (nSPS) is 20.3. The Morgan fingerprint density at radius 1 is 1.10 bits per heavy atom. The lowest BCUT2D eigenvalue weighted by Crippen LogP contribution is -2.57. The third-order valence-electron chi connectivity index (χ3n) is 4.38. The van der Waals surface area contributed by atoms with E-state index in [4.69, 9.17) is 0 Å². The molecule has 2 rings (SSSR count). The molecule has 2 fully saturated rings. The molecule has 0 radical (unpaired) electrons. The van der Waals surface area contributed by atoms with Gasteiger partial charge in [-0.25, -0.2) is 8.42 Å². The molecule has 21 heavy (non-hydrogen) atoms. The highest BCUT2D eigenvalue weighted by atomic mass is 32.2. The number of nitrogens with zero attached hydrogens (tertiary/aromatic N) is 2. The van der Waals surface area contributed by atoms with Crippen molar-refractivity contribution in [1.82, 2.24) is 9.21 Å². The maximum absolute atomic E-state index is 12.5. The zero-order chi connectivity index (χ0) is 15.5. The number of carbonyl (C=O) groups excluding carboxylic acids is 1. The van der Waals surface area contributed by atoms with Crippen molar-refractivity contribution >= 4 is 15.9 Å². The van der Waals surface area contributed by atoms with E-state index in [2.05, 4.69) is 13.8 Å². The molecular weight excluding hydrogens is 288 g/mol. The van der Waals surface area contributed by atoms with Crippen LogP contribution in [-0.4, -0.2) is 55.0 Å². The molecule has 1 saturated carbocycles. The molecular formula is C15H28N2O3S. The number of hydrogen-bond donors (Lipinski definition) is 0. The molecule has 122 valence electrons. The lowest BCUT2D eigenvalue weighted by Gasteiger charge is -2.39. The predicted molar refractivity (Wildman–Crippen MR) is 83.4 cm³/mol. The second-order valence-corrected chi connectivity index (χ2v) is 8.50. The Balaban J connectivity index is 1.84. The van der Waals surface area contributed by atoms with Gasteiger partial charge in [-0.15, -0.1) is 0 Å². The molecule has 1 aliphatic carbocycles. The fourth-order valence-electron chi connectivity index (χ4n) is 2.67. The van der Waals surface area contributed by atoms with E-state index in [0.717, 1.165) is 51.6 Å². The Morgan fingerprint density at radius 3 is 2.05 bits per heavy atom. The van der Waals surface area contributed by atoms with Crippen molar-refractivity contribution in [2.45, 2.75) is 57.6 Å². The van der Waals surface area contributed by atoms with Crippen molar-refractivity contribution in [2.75, 3.05) is 26.2 Å². The third kappa shape index (κ3) is 3.97. The molecule has 6 heteroatoms. The van der Waals surface area contributed by atoms with Crippen LogP contribution >= 0.6 is 0 Å². The van der Waals surface area contributed by atoms with E-state index in [-0.39, 0.29) is 17.1 Å². The summed E-state index contributed by atoms with van der Waals surface area (Å²) in [6, 6.07) is 0. The van der Waals surface area contributed by atoms with Gasteiger partial charge in [0.2, 0.25) is 15.9 Å². The van der Waals surface area contributed by atoms with Crippen LogP contribution in [0.15, 0.2) is 0 Å². The van der Waals surface area contributed by atoms with E-state index in [1.807, 2.05) is 4.90 Å². The van der Waals surface area contributed by atoms with Crippen LogP contribution in [0.1, 0.15) is 52.4 Å². The standard InChI is InChI=1S/C15H28N2O3S/c1-3-5-9-16(10-6-4-2)15(18)13-11-17(12-13)21(19,20)14-7-8-14/h13-14H,3-12H2,1-2H3. The number of rotatable bonds is 9. The number of carbonyl (C=O) groups is 1. The Kier molecular flexibility index (Phi) is 5.66. The van der Waals surface area contributed by atoms with Crippen LogP contribution < -0.4 is 0 Å². The van der Waals surface area contributed by atoms with Crippen LogP contribution in [0.25, 0.3) is 0 Å². The van der Waals surface area contributed by atoms with Gasteiger partial charge in [0.25, 0.3) is 0 Å². The summed E-state index contributed by atoms with van der Waals surface area (Å²) in [6.07, 6.45) is 5.76. The molecule has 0 unspecified atom stereocenters. The molecule has 2 aliphatic rings. The summed E-state index contributed by atoms with van der Waals surface area (Å²) in [4.78, 5) is 14.4. The quantitative estimate of drug-likeness (QED) is 0.652. The molecule has 1 heterocycles. The van der Waals surface area contributed by atoms with Gasteiger partial charge in [-0.05, 0) is 25.7 Å². The van der Waals surface area contributed by atoms with Gasteiger partial charge in [-0.2, -0.15) is 4.31 Å². The van der Waals surface area contributed by atoms with Crippen LogP contribution in [0.3, 0.4) is 0 Å². The van der Waals surface area contributed by atoms with Gasteiger partial charge in [-0.3, -0.25) is 4.79 Å². The smallest absolute Gasteiger partial charge is 0.228 e. The molecule has 1 saturated heterocycles. The van der Waals surface area contributed by atoms with E-state index in [1.165, 1.54) is 4.31 Å². The highest BCUT2D eigenvalue weighted by Crippen LogP contribution is 2.34. The molecule has 0 N–H and O–H groups in total. The molecule has 0 aromatic rings. The molecule has 1 amide bonds. The summed E-state index contributed by atoms with van der Waals surface area (Å²) >= 11 is 0. The SMILES string of the molecule is CCCCN(CCCC)C(=O)C1CN(S(=O)(=O)C2CC2)C1. The Bertz CT molecular complexity index is 446. The third-order valence-corrected chi connectivity index (χ3v) is 6.71. The van der Waals surface area contributed by atoms with E-state index in [0.29, 0.717) is 13.1 Å². The zero-order valence-corrected chi connectivity index (χ0v) is 14.1. The molecule has 0 aromatic heterocycles. The van der Waals surface area contributed by atoms with Gasteiger partial charge in [0.1, 0.15) is 0 Å². The average Bonchev–Trinajstić information content (AvgIpc) is 3.21. The van der Waals surface area contributed by atoms with Crippen molar-refractivity contribution in [3.8, 4) is 0 Å². The van der Waals surface area contributed by atoms with Crippen LogP contribution in [0, 0.1) is 5.92 Å². The fraction of sp³-hybridized carbons (Fsp3) is 0.933. The molecule has 0 aromatic carbocycles. The number of unbranched alkanes of at least 4 members (excludes halogenated alkanes) is 2. The monoisotopic (exact) mass is 316 g/mol. The van der Waals surface area contributed by atoms with Crippen molar-refractivity contribution < 1.29 is 13.2 Å². The van der Waals surface area contributed by atoms with Crippen LogP contribution in [-0.2, 0) is 14.8 Å². The summed E-state index contributed by atoms with van der Waals surface area (Å²) in [7, 11) is -3.09. The van der Waals surface area contributed by atoms with Crippen LogP contribution in [0.4, 0.5) is 0 Å². The largest absolute Gasteiger partial charge is 0.342 e. The summed E-state index contributed by atoms with van der Waals surface area (Å²) in [5.74, 6) is 0.0337. The Hall–Kier alpha value is -0.620. The lowest BCUT2D eigenvalue weighted by molar-refractivity contribution is -0.139. The van der Waals surface area contributed by atoms with Crippen molar-refractivity contribution in [2.24, 2.45) is 5.92 Å². The lowest BCUT2D eigenvalue weighted by atomic mass is 10.0. The Morgan fingerprint density at radius 2 is 1.62 bits per heavy atom. The fourth-order valence-corrected chi connectivity index (χ4v) is 4.60. The van der Waals surface area contributed by atoms with Crippen molar-refractivity contribution in [3.05, 3.63) is 0 Å². The first-order chi connectivity index (χ1) is 10.0. The van der Waals surface area contributed by atoms with Gasteiger partial charge in [0, 0.05) is 26.2 Å². The van der Waals surface area contributed by atoms with Gasteiger partial charge < -0.3 is 4.90 Å². The summed E-state index contributed by atoms with van der Waals surface area (Å²) in [5.41, 5.74) is 0. The van der Waals surface area contributed by atoms with Gasteiger partial charge in [0.15, 0.2) is 0 Å². The molecule has 1 aliphatic heterocycles. The van der Waals surface area contributed by atoms with Gasteiger partial charge in [0.05, 0.1) is 11.2 Å². The van der Waals surface area contributed by atoms with E-state index < -0.39 is 10.0 Å². The van der Waals surface area contributed by atoms with E-state index in [9.17, 15) is 13.2 Å². The maximum Gasteiger partial charge on any atom is 0.228 e. The molecule has 0 spiro atoms. The number of hydrogen-bond acceptors (Lipinski definition) is 3. The first kappa shape index (κ1) is 16.7. The molecule has 0 atom stereocenters. The highest BCUT2D eigenvalue weighted by molar-refractivity contribution is 7.90.